The van der Waals surface area contributed by atoms with Crippen molar-refractivity contribution in [3.8, 4) is 5.75 Å². The molecule has 1 saturated heterocycles. The number of methoxy groups -OCH3 is 1. The molecular weight excluding hydrogens is 454 g/mol. The number of nitrogens with one attached hydrogen (secondary N) is 2. The van der Waals surface area contributed by atoms with Crippen LogP contribution < -0.4 is 15.4 Å². The number of carboxylic acids is 1. The Balaban J connectivity index is 2.29. The number of carboxylic acid groups (broad SMARTS) is 1. The number of urea groups is 1. The van der Waals surface area contributed by atoms with Crippen molar-refractivity contribution >= 4 is 41.7 Å². The molecule has 3 N–H and O–H groups in total. The van der Waals surface area contributed by atoms with E-state index in [9.17, 15) is 24.0 Å². The van der Waals surface area contributed by atoms with Crippen LogP contribution in [0, 0.1) is 5.92 Å². The first-order chi connectivity index (χ1) is 15.5. The first-order valence-electron chi connectivity index (χ1n) is 10.6. The first-order valence-corrected chi connectivity index (χ1v) is 11.0. The van der Waals surface area contributed by atoms with E-state index in [-0.39, 0.29) is 29.6 Å². The van der Waals surface area contributed by atoms with Crippen molar-refractivity contribution in [2.24, 2.45) is 5.92 Å². The number of benzene rings is 1. The minimum Gasteiger partial charge on any atom is -0.497 e. The summed E-state index contributed by atoms with van der Waals surface area (Å²) in [5.41, 5.74) is 0.149. The van der Waals surface area contributed by atoms with E-state index in [4.69, 9.17) is 21.4 Å². The van der Waals surface area contributed by atoms with Gasteiger partial charge in [0, 0.05) is 12.8 Å². The Morgan fingerprint density at radius 1 is 1.18 bits per heavy atom. The van der Waals surface area contributed by atoms with Gasteiger partial charge in [-0.3, -0.25) is 14.9 Å². The minimum absolute atomic E-state index is 0.145. The van der Waals surface area contributed by atoms with Gasteiger partial charge in [-0.1, -0.05) is 25.4 Å². The third-order valence-corrected chi connectivity index (χ3v) is 5.96. The largest absolute Gasteiger partial charge is 0.497 e. The molecule has 1 aliphatic heterocycles. The number of rotatable bonds is 9. The van der Waals surface area contributed by atoms with Gasteiger partial charge in [-0.2, -0.15) is 4.48 Å². The second kappa shape index (κ2) is 11.2. The molecule has 0 unspecified atom stereocenters. The molecule has 1 fully saturated rings. The topological polar surface area (TPSA) is 139 Å². The Morgan fingerprint density at radius 2 is 1.82 bits per heavy atom. The molecule has 11 heteroatoms. The van der Waals surface area contributed by atoms with E-state index in [1.54, 1.807) is 19.9 Å². The zero-order valence-corrected chi connectivity index (χ0v) is 19.6. The number of aliphatic carboxylic acids is 1. The van der Waals surface area contributed by atoms with Crippen LogP contribution in [0.1, 0.15) is 43.5 Å². The van der Waals surface area contributed by atoms with Crippen LogP contribution in [0.5, 0.6) is 5.75 Å². The molecule has 0 aromatic heterocycles. The number of carbonyl (C=O) groups excluding carboxylic acids is 4. The van der Waals surface area contributed by atoms with Crippen molar-refractivity contribution in [2.75, 3.05) is 20.2 Å². The van der Waals surface area contributed by atoms with Gasteiger partial charge in [-0.05, 0) is 24.1 Å². The Bertz CT molecular complexity index is 929. The Morgan fingerprint density at radius 3 is 2.30 bits per heavy atom. The Kier molecular flexibility index (Phi) is 8.95. The van der Waals surface area contributed by atoms with Gasteiger partial charge in [0.05, 0.1) is 37.2 Å². The monoisotopic (exact) mass is 482 g/mol. The molecule has 0 radical (unpaired) electrons. The lowest BCUT2D eigenvalue weighted by Crippen LogP contribution is -2.66. The average molecular weight is 483 g/mol. The summed E-state index contributed by atoms with van der Waals surface area (Å²) in [7, 11) is 1.47. The SMILES string of the molecule is COc1ccc(C(=O)N[C@H](C(=O)[N+]2(C(=O)N[C@H](C=O)CC(=O)O)CCCC2)C(C)C)c(Cl)c1. The minimum atomic E-state index is -1.26. The van der Waals surface area contributed by atoms with Crippen LogP contribution in [-0.4, -0.2) is 72.0 Å². The van der Waals surface area contributed by atoms with E-state index >= 15 is 0 Å². The fourth-order valence-corrected chi connectivity index (χ4v) is 4.06. The lowest BCUT2D eigenvalue weighted by molar-refractivity contribution is -0.761. The van der Waals surface area contributed by atoms with Gasteiger partial charge in [-0.15, -0.1) is 0 Å². The standard InChI is InChI=1S/C22H28ClN3O7/c1-13(2)19(25-20(30)16-7-6-15(33-3)11-17(16)23)21(31)26(8-4-5-9-26)22(32)24-14(12-27)10-18(28)29/h6-7,11-14,19H,4-5,8-10H2,1-3H3,(H2-,24,25,28,29,30,32)/p+1/t14-,19-/m0/s1. The molecule has 180 valence electrons. The molecule has 0 saturated carbocycles. The van der Waals surface area contributed by atoms with Crippen molar-refractivity contribution in [3.63, 3.8) is 0 Å². The summed E-state index contributed by atoms with van der Waals surface area (Å²) in [4.78, 5) is 61.8. The van der Waals surface area contributed by atoms with E-state index in [1.807, 2.05) is 0 Å². The van der Waals surface area contributed by atoms with Gasteiger partial charge in [0.1, 0.15) is 24.1 Å². The summed E-state index contributed by atoms with van der Waals surface area (Å²) in [6.07, 6.45) is 0.917. The molecule has 2 rings (SSSR count). The highest BCUT2D eigenvalue weighted by Crippen LogP contribution is 2.26. The second-order valence-electron chi connectivity index (χ2n) is 8.29. The zero-order chi connectivity index (χ0) is 24.8. The van der Waals surface area contributed by atoms with Crippen molar-refractivity contribution in [1.82, 2.24) is 10.6 Å². The smallest absolute Gasteiger partial charge is 0.424 e. The van der Waals surface area contributed by atoms with Gasteiger partial charge in [0.15, 0.2) is 0 Å². The summed E-state index contributed by atoms with van der Waals surface area (Å²) in [6, 6.07) is 1.49. The molecule has 0 bridgehead atoms. The molecule has 33 heavy (non-hydrogen) atoms. The number of halogens is 1. The molecule has 1 aliphatic rings. The van der Waals surface area contributed by atoms with Gasteiger partial charge >= 0.3 is 17.9 Å². The molecule has 10 nitrogen and oxygen atoms in total. The number of aldehydes is 1. The summed E-state index contributed by atoms with van der Waals surface area (Å²) < 4.78 is 4.46. The highest BCUT2D eigenvalue weighted by Gasteiger charge is 2.51. The maximum atomic E-state index is 13.6. The van der Waals surface area contributed by atoms with E-state index in [2.05, 4.69) is 10.6 Å². The predicted octanol–water partition coefficient (Wildman–Crippen LogP) is 1.99. The predicted molar refractivity (Wildman–Crippen MR) is 119 cm³/mol. The van der Waals surface area contributed by atoms with Crippen LogP contribution in [-0.2, 0) is 14.4 Å². The number of likely N-dealkylation sites (tertiary alicyclic amines) is 1. The molecular formula is C22H29ClN3O7+. The molecule has 0 spiro atoms. The number of carbonyl (C=O) groups is 5. The van der Waals surface area contributed by atoms with Crippen LogP contribution in [0.4, 0.5) is 4.79 Å². The van der Waals surface area contributed by atoms with Crippen LogP contribution in [0.15, 0.2) is 18.2 Å². The third kappa shape index (κ3) is 6.08. The van der Waals surface area contributed by atoms with Crippen LogP contribution in [0.25, 0.3) is 0 Å². The summed E-state index contributed by atoms with van der Waals surface area (Å²) >= 11 is 6.19. The van der Waals surface area contributed by atoms with Crippen LogP contribution >= 0.6 is 11.6 Å². The maximum Gasteiger partial charge on any atom is 0.424 e. The fraction of sp³-hybridized carbons (Fsp3) is 0.500. The zero-order valence-electron chi connectivity index (χ0n) is 18.8. The van der Waals surface area contributed by atoms with E-state index < -0.39 is 46.8 Å². The van der Waals surface area contributed by atoms with Gasteiger partial charge in [0.25, 0.3) is 5.91 Å². The lowest BCUT2D eigenvalue weighted by Gasteiger charge is -2.33. The Hall–Kier alpha value is -2.98. The average Bonchev–Trinajstić information content (AvgIpc) is 3.27. The van der Waals surface area contributed by atoms with E-state index in [0.717, 1.165) is 0 Å². The maximum absolute atomic E-state index is 13.6. The third-order valence-electron chi connectivity index (χ3n) is 5.65. The number of hydrogen-bond donors (Lipinski definition) is 3. The van der Waals surface area contributed by atoms with Gasteiger partial charge < -0.3 is 20.0 Å². The first kappa shape index (κ1) is 26.3. The number of imide groups is 1. The second-order valence-corrected chi connectivity index (χ2v) is 8.70. The van der Waals surface area contributed by atoms with E-state index in [0.29, 0.717) is 24.9 Å². The van der Waals surface area contributed by atoms with Gasteiger partial charge in [-0.25, -0.2) is 9.59 Å². The highest BCUT2D eigenvalue weighted by atomic mass is 35.5. The molecule has 4 amide bonds. The van der Waals surface area contributed by atoms with E-state index in [1.165, 1.54) is 19.2 Å². The fourth-order valence-electron chi connectivity index (χ4n) is 3.81. The number of hydrogen-bond acceptors (Lipinski definition) is 6. The van der Waals surface area contributed by atoms with Crippen molar-refractivity contribution in [1.29, 1.82) is 0 Å². The molecule has 1 aromatic rings. The number of amides is 4. The molecule has 1 heterocycles. The molecule has 0 aliphatic carbocycles. The number of nitrogens with zero attached hydrogens (tertiary/aromatic N) is 1. The number of ether oxygens (including phenoxy) is 1. The van der Waals surface area contributed by atoms with Crippen LogP contribution in [0.2, 0.25) is 5.02 Å². The van der Waals surface area contributed by atoms with Crippen molar-refractivity contribution < 1.29 is 38.3 Å². The highest BCUT2D eigenvalue weighted by molar-refractivity contribution is 6.34. The molecule has 1 aromatic carbocycles. The lowest BCUT2D eigenvalue weighted by atomic mass is 10.0. The molecule has 2 atom stereocenters. The summed E-state index contributed by atoms with van der Waals surface area (Å²) in [6.45, 7) is 3.85. The van der Waals surface area contributed by atoms with Crippen molar-refractivity contribution in [3.05, 3.63) is 28.8 Å². The normalized spacial score (nSPS) is 16.5. The Labute approximate surface area is 196 Å². The summed E-state index contributed by atoms with van der Waals surface area (Å²) in [5.74, 6) is -2.25. The van der Waals surface area contributed by atoms with Crippen LogP contribution in [0.3, 0.4) is 0 Å². The number of quaternary nitrogens is 1. The van der Waals surface area contributed by atoms with Crippen molar-refractivity contribution in [2.45, 2.75) is 45.2 Å². The van der Waals surface area contributed by atoms with Gasteiger partial charge in [0.2, 0.25) is 0 Å². The summed E-state index contributed by atoms with van der Waals surface area (Å²) in [5, 5.41) is 14.2. The quantitative estimate of drug-likeness (QED) is 0.361.